The van der Waals surface area contributed by atoms with Gasteiger partial charge in [-0.3, -0.25) is 0 Å². The van der Waals surface area contributed by atoms with Gasteiger partial charge in [0.25, 0.3) is 0 Å². The average Bonchev–Trinajstić information content (AvgIpc) is 2.40. The van der Waals surface area contributed by atoms with Crippen LogP contribution >= 0.6 is 0 Å². The van der Waals surface area contributed by atoms with Crippen molar-refractivity contribution in [3.8, 4) is 0 Å². The van der Waals surface area contributed by atoms with Crippen molar-refractivity contribution in [2.45, 2.75) is 25.8 Å². The maximum Gasteiger partial charge on any atom is 0.0189 e. The second kappa shape index (κ2) is 6.38. The summed E-state index contributed by atoms with van der Waals surface area (Å²) in [6.07, 6.45) is 2.54. The van der Waals surface area contributed by atoms with Crippen molar-refractivity contribution >= 4 is 0 Å². The van der Waals surface area contributed by atoms with Gasteiger partial charge in [-0.1, -0.05) is 6.92 Å². The molecule has 0 bridgehead atoms. The molecule has 0 aromatic carbocycles. The molecule has 0 aliphatic carbocycles. The number of rotatable bonds is 4. The van der Waals surface area contributed by atoms with Crippen LogP contribution in [0.1, 0.15) is 19.8 Å². The Balaban J connectivity index is 2.29. The molecule has 0 radical (unpaired) electrons. The highest BCUT2D eigenvalue weighted by Gasteiger charge is 2.14. The summed E-state index contributed by atoms with van der Waals surface area (Å²) in [7, 11) is 4.29. The number of hydrogen-bond acceptors (Lipinski definition) is 3. The molecule has 1 unspecified atom stereocenters. The van der Waals surface area contributed by atoms with Crippen LogP contribution < -0.4 is 5.32 Å². The van der Waals surface area contributed by atoms with Crippen LogP contribution in [-0.4, -0.2) is 62.7 Å². The lowest BCUT2D eigenvalue weighted by atomic mass is 10.2. The predicted octanol–water partition coefficient (Wildman–Crippen LogP) is 0.622. The summed E-state index contributed by atoms with van der Waals surface area (Å²) in [4.78, 5) is 5.02. The molecule has 1 saturated heterocycles. The van der Waals surface area contributed by atoms with Crippen molar-refractivity contribution in [2.75, 3.05) is 46.8 Å². The van der Waals surface area contributed by atoms with Gasteiger partial charge in [-0.05, 0) is 40.0 Å². The smallest absolute Gasteiger partial charge is 0.0189 e. The first-order chi connectivity index (χ1) is 6.76. The summed E-state index contributed by atoms with van der Waals surface area (Å²) in [5, 5.41) is 3.38. The van der Waals surface area contributed by atoms with Gasteiger partial charge < -0.3 is 15.1 Å². The molecular formula is C11H25N3. The Hall–Kier alpha value is -0.120. The van der Waals surface area contributed by atoms with Gasteiger partial charge >= 0.3 is 0 Å². The van der Waals surface area contributed by atoms with Gasteiger partial charge in [0.2, 0.25) is 0 Å². The zero-order valence-electron chi connectivity index (χ0n) is 9.92. The number of hydrogen-bond donors (Lipinski definition) is 1. The number of nitrogens with one attached hydrogen (secondary N) is 1. The molecule has 84 valence electrons. The molecule has 1 N–H and O–H groups in total. The summed E-state index contributed by atoms with van der Waals surface area (Å²) in [5.41, 5.74) is 0. The van der Waals surface area contributed by atoms with E-state index in [0.29, 0.717) is 6.04 Å². The Morgan fingerprint density at radius 2 is 2.00 bits per heavy atom. The summed E-state index contributed by atoms with van der Waals surface area (Å²) >= 11 is 0. The minimum Gasteiger partial charge on any atom is -0.316 e. The molecule has 1 rings (SSSR count). The highest BCUT2D eigenvalue weighted by atomic mass is 15.2. The van der Waals surface area contributed by atoms with Crippen molar-refractivity contribution in [3.63, 3.8) is 0 Å². The molecule has 1 fully saturated rings. The second-order valence-electron chi connectivity index (χ2n) is 4.35. The van der Waals surface area contributed by atoms with Crippen LogP contribution in [0, 0.1) is 0 Å². The van der Waals surface area contributed by atoms with Gasteiger partial charge in [-0.25, -0.2) is 0 Å². The van der Waals surface area contributed by atoms with Crippen molar-refractivity contribution in [3.05, 3.63) is 0 Å². The maximum absolute atomic E-state index is 3.38. The third kappa shape index (κ3) is 3.95. The second-order valence-corrected chi connectivity index (χ2v) is 4.35. The zero-order valence-corrected chi connectivity index (χ0v) is 9.92. The highest BCUT2D eigenvalue weighted by molar-refractivity contribution is 4.73. The Morgan fingerprint density at radius 1 is 1.21 bits per heavy atom. The van der Waals surface area contributed by atoms with Crippen molar-refractivity contribution in [1.29, 1.82) is 0 Å². The van der Waals surface area contributed by atoms with Crippen LogP contribution in [0.3, 0.4) is 0 Å². The normalized spacial score (nSPS) is 23.4. The molecule has 14 heavy (non-hydrogen) atoms. The van der Waals surface area contributed by atoms with Crippen molar-refractivity contribution in [1.82, 2.24) is 15.1 Å². The standard InChI is InChI=1S/C11H25N3/c1-4-11(12-2)10-14-7-5-6-13(3)8-9-14/h11-12H,4-10H2,1-3H3. The molecule has 1 atom stereocenters. The molecule has 0 saturated carbocycles. The fraction of sp³-hybridized carbons (Fsp3) is 1.00. The van der Waals surface area contributed by atoms with E-state index in [4.69, 9.17) is 0 Å². The van der Waals surface area contributed by atoms with Crippen molar-refractivity contribution in [2.24, 2.45) is 0 Å². The average molecular weight is 199 g/mol. The van der Waals surface area contributed by atoms with E-state index >= 15 is 0 Å². The van der Waals surface area contributed by atoms with Crippen LogP contribution in [0.2, 0.25) is 0 Å². The largest absolute Gasteiger partial charge is 0.316 e. The third-order valence-corrected chi connectivity index (χ3v) is 3.19. The van der Waals surface area contributed by atoms with Crippen LogP contribution in [0.4, 0.5) is 0 Å². The molecule has 3 heteroatoms. The molecule has 1 aliphatic heterocycles. The van der Waals surface area contributed by atoms with E-state index in [2.05, 4.69) is 36.1 Å². The molecule has 0 aromatic rings. The van der Waals surface area contributed by atoms with Gasteiger partial charge in [-0.15, -0.1) is 0 Å². The first kappa shape index (κ1) is 12.0. The fourth-order valence-electron chi connectivity index (χ4n) is 2.02. The number of nitrogens with zero attached hydrogens (tertiary/aromatic N) is 2. The minimum atomic E-state index is 0.665. The lowest BCUT2D eigenvalue weighted by molar-refractivity contribution is 0.247. The Labute approximate surface area is 88.5 Å². The summed E-state index contributed by atoms with van der Waals surface area (Å²) < 4.78 is 0. The van der Waals surface area contributed by atoms with E-state index in [1.807, 2.05) is 0 Å². The lowest BCUT2D eigenvalue weighted by Gasteiger charge is -2.25. The van der Waals surface area contributed by atoms with Gasteiger partial charge in [0.15, 0.2) is 0 Å². The van der Waals surface area contributed by atoms with E-state index in [0.717, 1.165) is 0 Å². The Morgan fingerprint density at radius 3 is 2.64 bits per heavy atom. The lowest BCUT2D eigenvalue weighted by Crippen LogP contribution is -2.40. The Bertz CT molecular complexity index is 145. The van der Waals surface area contributed by atoms with Crippen LogP contribution in [-0.2, 0) is 0 Å². The van der Waals surface area contributed by atoms with Gasteiger partial charge in [0.05, 0.1) is 0 Å². The molecule has 1 aliphatic rings. The van der Waals surface area contributed by atoms with Crippen LogP contribution in [0.15, 0.2) is 0 Å². The SMILES string of the molecule is CCC(CN1CCCN(C)CC1)NC. The van der Waals surface area contributed by atoms with Gasteiger partial charge in [0.1, 0.15) is 0 Å². The van der Waals surface area contributed by atoms with Crippen molar-refractivity contribution < 1.29 is 0 Å². The quantitative estimate of drug-likeness (QED) is 0.716. The van der Waals surface area contributed by atoms with E-state index < -0.39 is 0 Å². The highest BCUT2D eigenvalue weighted by Crippen LogP contribution is 2.03. The van der Waals surface area contributed by atoms with E-state index in [1.165, 1.54) is 45.6 Å². The van der Waals surface area contributed by atoms with Gasteiger partial charge in [-0.2, -0.15) is 0 Å². The maximum atomic E-state index is 3.38. The monoisotopic (exact) mass is 199 g/mol. The van der Waals surface area contributed by atoms with Crippen LogP contribution in [0.5, 0.6) is 0 Å². The molecule has 3 nitrogen and oxygen atoms in total. The van der Waals surface area contributed by atoms with E-state index in [-0.39, 0.29) is 0 Å². The van der Waals surface area contributed by atoms with E-state index in [9.17, 15) is 0 Å². The summed E-state index contributed by atoms with van der Waals surface area (Å²) in [5.74, 6) is 0. The minimum absolute atomic E-state index is 0.665. The third-order valence-electron chi connectivity index (χ3n) is 3.19. The zero-order chi connectivity index (χ0) is 10.4. The van der Waals surface area contributed by atoms with Gasteiger partial charge in [0, 0.05) is 25.7 Å². The predicted molar refractivity (Wildman–Crippen MR) is 61.7 cm³/mol. The number of likely N-dealkylation sites (N-methyl/N-ethyl adjacent to an activating group) is 2. The molecular weight excluding hydrogens is 174 g/mol. The first-order valence-electron chi connectivity index (χ1n) is 5.84. The first-order valence-corrected chi connectivity index (χ1v) is 5.84. The molecule has 0 amide bonds. The van der Waals surface area contributed by atoms with E-state index in [1.54, 1.807) is 0 Å². The summed E-state index contributed by atoms with van der Waals surface area (Å²) in [6, 6.07) is 0.665. The Kier molecular flexibility index (Phi) is 5.45. The molecule has 0 spiro atoms. The van der Waals surface area contributed by atoms with Crippen LogP contribution in [0.25, 0.3) is 0 Å². The molecule has 0 aromatic heterocycles. The summed E-state index contributed by atoms with van der Waals surface area (Å²) in [6.45, 7) is 8.44. The molecule has 1 heterocycles. The topological polar surface area (TPSA) is 18.5 Å². The fourth-order valence-corrected chi connectivity index (χ4v) is 2.02.